The topological polar surface area (TPSA) is 52.0 Å². The second-order valence-electron chi connectivity index (χ2n) is 2.53. The Labute approximate surface area is 73.8 Å². The van der Waals surface area contributed by atoms with Crippen LogP contribution in [0.4, 0.5) is 5.82 Å². The van der Waals surface area contributed by atoms with Gasteiger partial charge in [0.1, 0.15) is 0 Å². The highest BCUT2D eigenvalue weighted by Gasteiger charge is 2.10. The maximum absolute atomic E-state index is 5.55. The van der Waals surface area contributed by atoms with Gasteiger partial charge in [0.15, 0.2) is 11.6 Å². The lowest BCUT2D eigenvalue weighted by molar-refractivity contribution is 0.435. The van der Waals surface area contributed by atoms with Gasteiger partial charge >= 0.3 is 0 Å². The van der Waals surface area contributed by atoms with Crippen LogP contribution in [-0.2, 0) is 0 Å². The molecule has 0 saturated heterocycles. The van der Waals surface area contributed by atoms with Crippen molar-refractivity contribution in [1.82, 2.24) is 5.16 Å². The van der Waals surface area contributed by atoms with E-state index in [1.54, 1.807) is 11.3 Å². The van der Waals surface area contributed by atoms with E-state index in [1.807, 2.05) is 23.8 Å². The van der Waals surface area contributed by atoms with Crippen LogP contribution < -0.4 is 5.73 Å². The first-order valence-electron chi connectivity index (χ1n) is 3.53. The van der Waals surface area contributed by atoms with Crippen LogP contribution in [0, 0.1) is 6.92 Å². The fourth-order valence-corrected chi connectivity index (χ4v) is 1.65. The van der Waals surface area contributed by atoms with Crippen LogP contribution in [-0.4, -0.2) is 5.16 Å². The van der Waals surface area contributed by atoms with Gasteiger partial charge in [0.25, 0.3) is 0 Å². The molecule has 0 aliphatic heterocycles. The number of anilines is 1. The second-order valence-corrected chi connectivity index (χ2v) is 3.31. The van der Waals surface area contributed by atoms with Crippen molar-refractivity contribution in [3.05, 3.63) is 22.4 Å². The summed E-state index contributed by atoms with van der Waals surface area (Å²) >= 11 is 1.62. The molecule has 2 aromatic heterocycles. The third kappa shape index (κ3) is 1.00. The summed E-state index contributed by atoms with van der Waals surface area (Å²) in [6.45, 7) is 1.90. The van der Waals surface area contributed by atoms with E-state index in [0.29, 0.717) is 5.82 Å². The zero-order valence-electron chi connectivity index (χ0n) is 6.57. The van der Waals surface area contributed by atoms with E-state index in [4.69, 9.17) is 10.3 Å². The van der Waals surface area contributed by atoms with E-state index < -0.39 is 0 Å². The van der Waals surface area contributed by atoms with E-state index in [2.05, 4.69) is 5.16 Å². The Balaban J connectivity index is 2.55. The molecule has 0 aliphatic rings. The summed E-state index contributed by atoms with van der Waals surface area (Å²) < 4.78 is 5.07. The molecule has 0 amide bonds. The van der Waals surface area contributed by atoms with E-state index >= 15 is 0 Å². The van der Waals surface area contributed by atoms with Crippen LogP contribution >= 0.6 is 11.3 Å². The summed E-state index contributed by atoms with van der Waals surface area (Å²) in [5.74, 6) is 1.24. The molecule has 62 valence electrons. The number of hydrogen-bond acceptors (Lipinski definition) is 4. The molecule has 4 heteroatoms. The molecule has 0 fully saturated rings. The number of hydrogen-bond donors (Lipinski definition) is 1. The predicted octanol–water partition coefficient (Wildman–Crippen LogP) is 2.29. The van der Waals surface area contributed by atoms with Crippen molar-refractivity contribution in [3.8, 4) is 11.3 Å². The van der Waals surface area contributed by atoms with E-state index in [-0.39, 0.29) is 0 Å². The highest BCUT2D eigenvalue weighted by Crippen LogP contribution is 2.28. The highest BCUT2D eigenvalue weighted by atomic mass is 32.1. The van der Waals surface area contributed by atoms with Gasteiger partial charge in [-0.1, -0.05) is 5.16 Å². The van der Waals surface area contributed by atoms with Gasteiger partial charge in [0, 0.05) is 16.5 Å². The number of nitrogens with zero attached hydrogens (tertiary/aromatic N) is 1. The van der Waals surface area contributed by atoms with Crippen LogP contribution in [0.2, 0.25) is 0 Å². The van der Waals surface area contributed by atoms with Gasteiger partial charge in [-0.3, -0.25) is 0 Å². The molecule has 2 aromatic rings. The van der Waals surface area contributed by atoms with Gasteiger partial charge in [-0.2, -0.15) is 11.3 Å². The normalized spacial score (nSPS) is 10.4. The maximum Gasteiger partial charge on any atom is 0.172 e. The Bertz CT molecular complexity index is 378. The number of thiophene rings is 1. The molecule has 0 atom stereocenters. The lowest BCUT2D eigenvalue weighted by Gasteiger charge is -1.89. The molecule has 0 radical (unpaired) electrons. The van der Waals surface area contributed by atoms with Gasteiger partial charge < -0.3 is 10.3 Å². The van der Waals surface area contributed by atoms with Crippen LogP contribution in [0.1, 0.15) is 5.56 Å². The van der Waals surface area contributed by atoms with Gasteiger partial charge in [0.05, 0.1) is 0 Å². The minimum Gasteiger partial charge on any atom is -0.381 e. The van der Waals surface area contributed by atoms with Crippen LogP contribution in [0.15, 0.2) is 21.3 Å². The largest absolute Gasteiger partial charge is 0.381 e. The Morgan fingerprint density at radius 2 is 2.42 bits per heavy atom. The molecule has 0 spiro atoms. The zero-order chi connectivity index (χ0) is 8.55. The summed E-state index contributed by atoms with van der Waals surface area (Å²) in [7, 11) is 0. The Hall–Kier alpha value is -1.29. The van der Waals surface area contributed by atoms with Crippen molar-refractivity contribution in [2.75, 3.05) is 5.73 Å². The first kappa shape index (κ1) is 7.36. The summed E-state index contributed by atoms with van der Waals surface area (Å²) in [6, 6.07) is 1.98. The monoisotopic (exact) mass is 180 g/mol. The minimum absolute atomic E-state index is 0.469. The summed E-state index contributed by atoms with van der Waals surface area (Å²) in [6.07, 6.45) is 0. The minimum atomic E-state index is 0.469. The average Bonchev–Trinajstić information content (AvgIpc) is 2.64. The third-order valence-corrected chi connectivity index (χ3v) is 2.43. The van der Waals surface area contributed by atoms with Crippen LogP contribution in [0.25, 0.3) is 11.3 Å². The third-order valence-electron chi connectivity index (χ3n) is 1.74. The summed E-state index contributed by atoms with van der Waals surface area (Å²) in [5, 5.41) is 7.68. The lowest BCUT2D eigenvalue weighted by atomic mass is 10.2. The number of nitrogen functional groups attached to an aromatic ring is 1. The molecule has 0 aliphatic carbocycles. The van der Waals surface area contributed by atoms with Crippen molar-refractivity contribution < 1.29 is 4.52 Å². The van der Waals surface area contributed by atoms with Crippen molar-refractivity contribution in [1.29, 1.82) is 0 Å². The second kappa shape index (κ2) is 2.64. The maximum atomic E-state index is 5.55. The molecular formula is C8H8N2OS. The van der Waals surface area contributed by atoms with Crippen molar-refractivity contribution in [3.63, 3.8) is 0 Å². The quantitative estimate of drug-likeness (QED) is 0.732. The molecular weight excluding hydrogens is 172 g/mol. The lowest BCUT2D eigenvalue weighted by Crippen LogP contribution is -1.85. The molecule has 2 heterocycles. The zero-order valence-corrected chi connectivity index (χ0v) is 7.39. The van der Waals surface area contributed by atoms with Crippen LogP contribution in [0.3, 0.4) is 0 Å². The van der Waals surface area contributed by atoms with Crippen molar-refractivity contribution in [2.24, 2.45) is 0 Å². The Morgan fingerprint density at radius 1 is 1.58 bits per heavy atom. The van der Waals surface area contributed by atoms with Gasteiger partial charge in [0.2, 0.25) is 0 Å². The van der Waals surface area contributed by atoms with E-state index in [0.717, 1.165) is 16.9 Å². The molecule has 2 rings (SSSR count). The number of aromatic nitrogens is 1. The van der Waals surface area contributed by atoms with Gasteiger partial charge in [-0.05, 0) is 18.4 Å². The van der Waals surface area contributed by atoms with E-state index in [1.165, 1.54) is 0 Å². The predicted molar refractivity (Wildman–Crippen MR) is 49.0 cm³/mol. The van der Waals surface area contributed by atoms with Gasteiger partial charge in [-0.15, -0.1) is 0 Å². The highest BCUT2D eigenvalue weighted by molar-refractivity contribution is 7.08. The fraction of sp³-hybridized carbons (Fsp3) is 0.125. The smallest absolute Gasteiger partial charge is 0.172 e. The summed E-state index contributed by atoms with van der Waals surface area (Å²) in [4.78, 5) is 0. The molecule has 0 aromatic carbocycles. The SMILES string of the molecule is Cc1c(N)noc1-c1ccsc1. The number of rotatable bonds is 1. The molecule has 2 N–H and O–H groups in total. The van der Waals surface area contributed by atoms with Crippen LogP contribution in [0.5, 0.6) is 0 Å². The van der Waals surface area contributed by atoms with Crippen molar-refractivity contribution in [2.45, 2.75) is 6.92 Å². The van der Waals surface area contributed by atoms with E-state index in [9.17, 15) is 0 Å². The fourth-order valence-electron chi connectivity index (χ4n) is 1.01. The standard InChI is InChI=1S/C8H8N2OS/c1-5-7(11-10-8(5)9)6-2-3-12-4-6/h2-4H,1H3,(H2,9,10). The first-order valence-corrected chi connectivity index (χ1v) is 4.47. The molecule has 0 saturated carbocycles. The van der Waals surface area contributed by atoms with Crippen molar-refractivity contribution >= 4 is 17.2 Å². The Kier molecular flexibility index (Phi) is 1.62. The molecule has 0 unspecified atom stereocenters. The summed E-state index contributed by atoms with van der Waals surface area (Å²) in [5.41, 5.74) is 7.50. The Morgan fingerprint density at radius 3 is 2.92 bits per heavy atom. The molecule has 3 nitrogen and oxygen atoms in total. The molecule has 12 heavy (non-hydrogen) atoms. The molecule has 0 bridgehead atoms. The first-order chi connectivity index (χ1) is 5.79. The number of nitrogens with two attached hydrogens (primary N) is 1. The average molecular weight is 180 g/mol. The van der Waals surface area contributed by atoms with Gasteiger partial charge in [-0.25, -0.2) is 0 Å².